The van der Waals surface area contributed by atoms with Gasteiger partial charge in [-0.05, 0) is 56.0 Å². The van der Waals surface area contributed by atoms with Crippen molar-refractivity contribution in [3.8, 4) is 17.0 Å². The number of likely N-dealkylation sites (N-methyl/N-ethyl adjacent to an activating group) is 1. The molecule has 2 fully saturated rings. The van der Waals surface area contributed by atoms with Crippen LogP contribution in [0.15, 0.2) is 18.2 Å². The molecule has 3 heterocycles. The van der Waals surface area contributed by atoms with Gasteiger partial charge in [-0.1, -0.05) is 6.42 Å². The summed E-state index contributed by atoms with van der Waals surface area (Å²) in [6.45, 7) is 1.90. The van der Waals surface area contributed by atoms with Crippen LogP contribution in [-0.2, 0) is 12.6 Å². The van der Waals surface area contributed by atoms with Crippen LogP contribution >= 0.6 is 0 Å². The molecule has 0 bridgehead atoms. The number of rotatable bonds is 3. The van der Waals surface area contributed by atoms with Crippen LogP contribution in [0.1, 0.15) is 48.3 Å². The van der Waals surface area contributed by atoms with Crippen LogP contribution < -0.4 is 4.90 Å². The summed E-state index contributed by atoms with van der Waals surface area (Å²) in [5.74, 6) is 0.562. The predicted octanol–water partition coefficient (Wildman–Crippen LogP) is 4.54. The molecule has 2 aliphatic heterocycles. The maximum atomic E-state index is 14.2. The van der Waals surface area contributed by atoms with Crippen LogP contribution in [0, 0.1) is 0 Å². The molecule has 1 saturated carbocycles. The number of anilines is 1. The number of hydrogen-bond acceptors (Lipinski definition) is 5. The third-order valence-corrected chi connectivity index (χ3v) is 7.06. The minimum atomic E-state index is -4.53. The average molecular weight is 450 g/mol. The molecule has 3 aliphatic rings. The first-order chi connectivity index (χ1) is 15.2. The van der Waals surface area contributed by atoms with E-state index in [1.165, 1.54) is 6.07 Å². The molecule has 0 spiro atoms. The Balaban J connectivity index is 1.55. The van der Waals surface area contributed by atoms with Crippen molar-refractivity contribution in [2.75, 3.05) is 31.6 Å². The zero-order valence-corrected chi connectivity index (χ0v) is 17.9. The number of nitrogens with zero attached hydrogens (tertiary/aromatic N) is 4. The highest BCUT2D eigenvalue weighted by Gasteiger charge is 2.38. The van der Waals surface area contributed by atoms with E-state index in [-0.39, 0.29) is 17.5 Å². The van der Waals surface area contributed by atoms with Gasteiger partial charge in [0, 0.05) is 43.2 Å². The van der Waals surface area contributed by atoms with Crippen molar-refractivity contribution >= 4 is 5.82 Å². The van der Waals surface area contributed by atoms with E-state index in [9.17, 15) is 22.7 Å². The molecule has 172 valence electrons. The van der Waals surface area contributed by atoms with Crippen LogP contribution in [0.5, 0.6) is 5.75 Å². The number of phenolic OH excluding ortho intramolecular Hbond substituents is 1. The molecule has 1 N–H and O–H groups in total. The number of alkyl halides is 4. The van der Waals surface area contributed by atoms with Gasteiger partial charge >= 0.3 is 6.18 Å². The van der Waals surface area contributed by atoms with Crippen molar-refractivity contribution in [1.29, 1.82) is 0 Å². The second-order valence-corrected chi connectivity index (χ2v) is 9.27. The minimum Gasteiger partial charge on any atom is -0.507 e. The number of halogens is 4. The summed E-state index contributed by atoms with van der Waals surface area (Å²) in [5.41, 5.74) is 1.87. The van der Waals surface area contributed by atoms with Crippen molar-refractivity contribution in [3.05, 3.63) is 34.9 Å². The maximum Gasteiger partial charge on any atom is 0.416 e. The fourth-order valence-electron chi connectivity index (χ4n) is 5.33. The van der Waals surface area contributed by atoms with Gasteiger partial charge in [0.1, 0.15) is 17.6 Å². The normalized spacial score (nSPS) is 24.5. The monoisotopic (exact) mass is 450 g/mol. The van der Waals surface area contributed by atoms with E-state index in [1.54, 1.807) is 0 Å². The van der Waals surface area contributed by atoms with Crippen molar-refractivity contribution in [2.45, 2.75) is 56.4 Å². The summed E-state index contributed by atoms with van der Waals surface area (Å²) in [6, 6.07) is 3.02. The van der Waals surface area contributed by atoms with E-state index in [4.69, 9.17) is 0 Å². The van der Waals surface area contributed by atoms with Gasteiger partial charge in [-0.15, -0.1) is 10.2 Å². The molecular formula is C23H26F4N4O. The SMILES string of the molecule is CN1C[C@H](F)C[C@@H](N2CCc3c2nnc(-c2ccc(C(F)(F)F)cc2O)c3C2CCC2)C1. The molecule has 1 aromatic carbocycles. The molecule has 1 aliphatic carbocycles. The minimum absolute atomic E-state index is 0.0128. The lowest BCUT2D eigenvalue weighted by Gasteiger charge is -2.38. The standard InChI is InChI=1S/C23H26F4N4O/c1-30-11-15(24)10-16(12-30)31-8-7-18-20(13-3-2-4-13)21(28-29-22(18)31)17-6-5-14(9-19(17)32)23(25,26)27/h5-6,9,13,15-16,32H,2-4,7-8,10-12H2,1H3/t15-,16-/m1/s1. The number of fused-ring (bicyclic) bond motifs is 1. The van der Waals surface area contributed by atoms with Gasteiger partial charge in [0.05, 0.1) is 5.56 Å². The number of hydrogen-bond donors (Lipinski definition) is 1. The van der Waals surface area contributed by atoms with Crippen molar-refractivity contribution < 1.29 is 22.7 Å². The Morgan fingerprint density at radius 2 is 1.91 bits per heavy atom. The number of phenols is 1. The number of aromatic nitrogens is 2. The second-order valence-electron chi connectivity index (χ2n) is 9.27. The Bertz CT molecular complexity index is 1010. The fourth-order valence-corrected chi connectivity index (χ4v) is 5.33. The molecule has 1 aromatic heterocycles. The summed E-state index contributed by atoms with van der Waals surface area (Å²) < 4.78 is 53.4. The van der Waals surface area contributed by atoms with E-state index in [2.05, 4.69) is 15.1 Å². The zero-order chi connectivity index (χ0) is 22.6. The third kappa shape index (κ3) is 3.70. The van der Waals surface area contributed by atoms with Gasteiger partial charge in [0.2, 0.25) is 0 Å². The molecule has 32 heavy (non-hydrogen) atoms. The molecule has 0 unspecified atom stereocenters. The molecule has 2 aromatic rings. The molecule has 9 heteroatoms. The molecule has 2 atom stereocenters. The summed E-state index contributed by atoms with van der Waals surface area (Å²) in [5, 5.41) is 19.3. The average Bonchev–Trinajstić information content (AvgIpc) is 3.10. The highest BCUT2D eigenvalue weighted by Crippen LogP contribution is 2.48. The predicted molar refractivity (Wildman–Crippen MR) is 113 cm³/mol. The first-order valence-electron chi connectivity index (χ1n) is 11.1. The van der Waals surface area contributed by atoms with Gasteiger partial charge < -0.3 is 14.9 Å². The Labute approximate surface area is 184 Å². The Kier molecular flexibility index (Phi) is 5.27. The Morgan fingerprint density at radius 3 is 2.53 bits per heavy atom. The van der Waals surface area contributed by atoms with E-state index >= 15 is 0 Å². The van der Waals surface area contributed by atoms with Gasteiger partial charge in [-0.25, -0.2) is 4.39 Å². The lowest BCUT2D eigenvalue weighted by atomic mass is 9.76. The van der Waals surface area contributed by atoms with E-state index < -0.39 is 23.7 Å². The maximum absolute atomic E-state index is 14.2. The molecule has 0 radical (unpaired) electrons. The van der Waals surface area contributed by atoms with Crippen LogP contribution in [0.25, 0.3) is 11.3 Å². The number of piperidine rings is 1. The van der Waals surface area contributed by atoms with Crippen LogP contribution in [0.2, 0.25) is 0 Å². The number of aromatic hydroxyl groups is 1. The van der Waals surface area contributed by atoms with E-state index in [0.29, 0.717) is 18.7 Å². The smallest absolute Gasteiger partial charge is 0.416 e. The Hall–Kier alpha value is -2.42. The lowest BCUT2D eigenvalue weighted by Crippen LogP contribution is -2.50. The molecule has 1 saturated heterocycles. The van der Waals surface area contributed by atoms with Crippen molar-refractivity contribution in [2.24, 2.45) is 0 Å². The van der Waals surface area contributed by atoms with Gasteiger partial charge in [0.25, 0.3) is 0 Å². The molecule has 5 rings (SSSR count). The van der Waals surface area contributed by atoms with Crippen LogP contribution in [-0.4, -0.2) is 59.1 Å². The Morgan fingerprint density at radius 1 is 1.12 bits per heavy atom. The largest absolute Gasteiger partial charge is 0.507 e. The van der Waals surface area contributed by atoms with Gasteiger partial charge in [0.15, 0.2) is 5.82 Å². The quantitative estimate of drug-likeness (QED) is 0.696. The van der Waals surface area contributed by atoms with Crippen LogP contribution in [0.3, 0.4) is 0 Å². The van der Waals surface area contributed by atoms with Gasteiger partial charge in [-0.2, -0.15) is 13.2 Å². The summed E-state index contributed by atoms with van der Waals surface area (Å²) in [7, 11) is 1.91. The molecule has 0 amide bonds. The fraction of sp³-hybridized carbons (Fsp3) is 0.565. The number of likely N-dealkylation sites (tertiary alicyclic amines) is 1. The van der Waals surface area contributed by atoms with Gasteiger partial charge in [-0.3, -0.25) is 0 Å². The van der Waals surface area contributed by atoms with Crippen molar-refractivity contribution in [3.63, 3.8) is 0 Å². The molecule has 5 nitrogen and oxygen atoms in total. The summed E-state index contributed by atoms with van der Waals surface area (Å²) in [6.07, 6.45) is -1.19. The van der Waals surface area contributed by atoms with Crippen molar-refractivity contribution in [1.82, 2.24) is 15.1 Å². The first-order valence-corrected chi connectivity index (χ1v) is 11.1. The summed E-state index contributed by atoms with van der Waals surface area (Å²) >= 11 is 0. The topological polar surface area (TPSA) is 52.5 Å². The third-order valence-electron chi connectivity index (χ3n) is 7.06. The summed E-state index contributed by atoms with van der Waals surface area (Å²) in [4.78, 5) is 4.13. The second kappa shape index (κ2) is 7.86. The highest BCUT2D eigenvalue weighted by molar-refractivity contribution is 5.74. The van der Waals surface area contributed by atoms with E-state index in [0.717, 1.165) is 67.9 Å². The number of benzene rings is 1. The molecular weight excluding hydrogens is 424 g/mol. The lowest BCUT2D eigenvalue weighted by molar-refractivity contribution is -0.137. The van der Waals surface area contributed by atoms with Crippen LogP contribution in [0.4, 0.5) is 23.4 Å². The zero-order valence-electron chi connectivity index (χ0n) is 17.9. The van der Waals surface area contributed by atoms with E-state index in [1.807, 2.05) is 11.9 Å². The highest BCUT2D eigenvalue weighted by atomic mass is 19.4. The first kappa shape index (κ1) is 21.4.